The maximum atomic E-state index is 13.9. The van der Waals surface area contributed by atoms with Gasteiger partial charge in [-0.25, -0.2) is 4.98 Å². The maximum Gasteiger partial charge on any atom is 0.417 e. The van der Waals surface area contributed by atoms with Gasteiger partial charge in [-0.1, -0.05) is 0 Å². The number of ether oxygens (including phenoxy) is 3. The molecule has 0 atom stereocenters. The van der Waals surface area contributed by atoms with Crippen molar-refractivity contribution in [2.75, 3.05) is 27.9 Å². The zero-order chi connectivity index (χ0) is 22.1. The number of halogens is 3. The van der Waals surface area contributed by atoms with Crippen LogP contribution in [-0.4, -0.2) is 42.5 Å². The van der Waals surface area contributed by atoms with E-state index in [1.54, 1.807) is 12.1 Å². The van der Waals surface area contributed by atoms with Crippen LogP contribution in [-0.2, 0) is 17.5 Å². The number of aromatic amines is 1. The topological polar surface area (TPSA) is 78.4 Å². The van der Waals surface area contributed by atoms with Crippen LogP contribution in [0.1, 0.15) is 5.56 Å². The Morgan fingerprint density at radius 3 is 2.50 bits per heavy atom. The summed E-state index contributed by atoms with van der Waals surface area (Å²) >= 11 is 5.15. The molecule has 30 heavy (non-hydrogen) atoms. The van der Waals surface area contributed by atoms with Gasteiger partial charge >= 0.3 is 6.18 Å². The highest BCUT2D eigenvalue weighted by Crippen LogP contribution is 2.38. The summed E-state index contributed by atoms with van der Waals surface area (Å²) in [5, 5.41) is -0.599. The van der Waals surface area contributed by atoms with Gasteiger partial charge in [0.1, 0.15) is 17.1 Å². The van der Waals surface area contributed by atoms with Crippen molar-refractivity contribution in [3.8, 4) is 22.8 Å². The van der Waals surface area contributed by atoms with Gasteiger partial charge in [0.2, 0.25) is 0 Å². The van der Waals surface area contributed by atoms with Gasteiger partial charge < -0.3 is 18.8 Å². The molecule has 0 saturated heterocycles. The summed E-state index contributed by atoms with van der Waals surface area (Å²) in [4.78, 5) is 19.1. The summed E-state index contributed by atoms with van der Waals surface area (Å²) in [7, 11) is 4.27. The molecular formula is C19H18F3N3O4S. The second-order valence-corrected chi connectivity index (χ2v) is 6.61. The molecule has 0 aliphatic heterocycles. The van der Waals surface area contributed by atoms with E-state index < -0.39 is 22.7 Å². The smallest absolute Gasteiger partial charge is 0.417 e. The molecule has 7 nitrogen and oxygen atoms in total. The van der Waals surface area contributed by atoms with Crippen molar-refractivity contribution in [1.82, 2.24) is 14.5 Å². The molecule has 0 aliphatic carbocycles. The van der Waals surface area contributed by atoms with E-state index >= 15 is 0 Å². The molecule has 1 N–H and O–H groups in total. The Morgan fingerprint density at radius 1 is 1.17 bits per heavy atom. The fraction of sp³-hybridized carbons (Fsp3) is 0.316. The van der Waals surface area contributed by atoms with E-state index in [0.717, 1.165) is 6.07 Å². The molecule has 2 heterocycles. The zero-order valence-corrected chi connectivity index (χ0v) is 17.1. The number of benzene rings is 1. The van der Waals surface area contributed by atoms with Gasteiger partial charge in [0.25, 0.3) is 5.56 Å². The third-order valence-electron chi connectivity index (χ3n) is 4.46. The number of nitrogens with zero attached hydrogens (tertiary/aromatic N) is 2. The maximum absolute atomic E-state index is 13.9. The van der Waals surface area contributed by atoms with Crippen LogP contribution < -0.4 is 15.0 Å². The normalized spacial score (nSPS) is 11.7. The summed E-state index contributed by atoms with van der Waals surface area (Å²) in [5.74, 6) is 0.700. The number of hydrogen-bond donors (Lipinski definition) is 1. The predicted molar refractivity (Wildman–Crippen MR) is 107 cm³/mol. The molecular weight excluding hydrogens is 423 g/mol. The Hall–Kier alpha value is -2.92. The molecule has 0 unspecified atom stereocenters. The Labute approximate surface area is 174 Å². The highest BCUT2D eigenvalue weighted by molar-refractivity contribution is 7.71. The van der Waals surface area contributed by atoms with Crippen LogP contribution >= 0.6 is 12.2 Å². The highest BCUT2D eigenvalue weighted by atomic mass is 32.1. The van der Waals surface area contributed by atoms with Crippen LogP contribution in [0.4, 0.5) is 13.2 Å². The van der Waals surface area contributed by atoms with E-state index in [9.17, 15) is 18.0 Å². The van der Waals surface area contributed by atoms with E-state index in [4.69, 9.17) is 26.4 Å². The summed E-state index contributed by atoms with van der Waals surface area (Å²) in [6.07, 6.45) is -4.81. The molecule has 0 bridgehead atoms. The number of aromatic nitrogens is 3. The number of alkyl halides is 3. The van der Waals surface area contributed by atoms with E-state index in [1.165, 1.54) is 32.0 Å². The van der Waals surface area contributed by atoms with Crippen molar-refractivity contribution < 1.29 is 27.4 Å². The van der Waals surface area contributed by atoms with Crippen molar-refractivity contribution >= 4 is 23.3 Å². The number of hydrogen-bond acceptors (Lipinski definition) is 6. The minimum Gasteiger partial charge on any atom is -0.497 e. The SMILES string of the molecule is COCCn1c(=S)[nH]c(=O)c2c(C(F)(F)F)cc(-c3cc(OC)ccc3OC)nc21. The number of nitrogens with one attached hydrogen (secondary N) is 1. The molecule has 0 amide bonds. The van der Waals surface area contributed by atoms with Crippen molar-refractivity contribution in [3.63, 3.8) is 0 Å². The average Bonchev–Trinajstić information content (AvgIpc) is 2.71. The van der Waals surface area contributed by atoms with E-state index in [1.807, 2.05) is 0 Å². The quantitative estimate of drug-likeness (QED) is 0.587. The Kier molecular flexibility index (Phi) is 6.13. The molecule has 2 aromatic heterocycles. The second-order valence-electron chi connectivity index (χ2n) is 6.22. The van der Waals surface area contributed by atoms with Crippen LogP contribution in [0.15, 0.2) is 29.1 Å². The number of H-pyrrole nitrogens is 1. The van der Waals surface area contributed by atoms with E-state index in [-0.39, 0.29) is 34.8 Å². The molecule has 0 saturated carbocycles. The standard InChI is InChI=1S/C19H18F3N3O4S/c1-27-7-6-25-16-15(17(26)24-18(25)30)12(19(20,21)22)9-13(23-16)11-8-10(28-2)4-5-14(11)29-3/h4-5,8-9H,6-7H2,1-3H3,(H,24,26,30). The lowest BCUT2D eigenvalue weighted by Crippen LogP contribution is -2.21. The van der Waals surface area contributed by atoms with Gasteiger partial charge in [0.05, 0.1) is 44.0 Å². The molecule has 0 aliphatic rings. The van der Waals surface area contributed by atoms with Crippen LogP contribution in [0, 0.1) is 4.77 Å². The summed E-state index contributed by atoms with van der Waals surface area (Å²) in [6.45, 7) is 0.261. The van der Waals surface area contributed by atoms with Crippen LogP contribution in [0.5, 0.6) is 11.5 Å². The van der Waals surface area contributed by atoms with E-state index in [0.29, 0.717) is 11.5 Å². The molecule has 160 valence electrons. The fourth-order valence-electron chi connectivity index (χ4n) is 3.04. The lowest BCUT2D eigenvalue weighted by atomic mass is 10.0. The van der Waals surface area contributed by atoms with Crippen molar-refractivity contribution in [3.05, 3.63) is 45.0 Å². The predicted octanol–water partition coefficient (Wildman–Crippen LogP) is 3.80. The fourth-order valence-corrected chi connectivity index (χ4v) is 3.31. The van der Waals surface area contributed by atoms with Gasteiger partial charge in [0, 0.05) is 12.7 Å². The van der Waals surface area contributed by atoms with Crippen molar-refractivity contribution in [2.24, 2.45) is 0 Å². The molecule has 1 aromatic carbocycles. The first-order valence-electron chi connectivity index (χ1n) is 8.67. The Bertz CT molecular complexity index is 1200. The molecule has 0 fully saturated rings. The van der Waals surface area contributed by atoms with Gasteiger partial charge in [-0.2, -0.15) is 13.2 Å². The minimum atomic E-state index is -4.81. The van der Waals surface area contributed by atoms with E-state index in [2.05, 4.69) is 9.97 Å². The zero-order valence-electron chi connectivity index (χ0n) is 16.3. The highest BCUT2D eigenvalue weighted by Gasteiger charge is 2.36. The number of pyridine rings is 1. The molecule has 11 heteroatoms. The average molecular weight is 441 g/mol. The van der Waals surface area contributed by atoms with Crippen LogP contribution in [0.3, 0.4) is 0 Å². The summed E-state index contributed by atoms with van der Waals surface area (Å²) in [5.41, 5.74) is -2.07. The minimum absolute atomic E-state index is 0.0447. The number of fused-ring (bicyclic) bond motifs is 1. The van der Waals surface area contributed by atoms with Crippen LogP contribution in [0.25, 0.3) is 22.3 Å². The van der Waals surface area contributed by atoms with Gasteiger partial charge in [-0.05, 0) is 36.5 Å². The third-order valence-corrected chi connectivity index (χ3v) is 4.78. The Balaban J connectivity index is 2.46. The molecule has 3 rings (SSSR count). The molecule has 3 aromatic rings. The second kappa shape index (κ2) is 8.44. The molecule has 0 spiro atoms. The number of rotatable bonds is 6. The third kappa shape index (κ3) is 4.03. The van der Waals surface area contributed by atoms with Crippen molar-refractivity contribution in [2.45, 2.75) is 12.7 Å². The molecule has 0 radical (unpaired) electrons. The first-order valence-corrected chi connectivity index (χ1v) is 9.08. The monoisotopic (exact) mass is 441 g/mol. The lowest BCUT2D eigenvalue weighted by molar-refractivity contribution is -0.136. The number of methoxy groups -OCH3 is 3. The largest absolute Gasteiger partial charge is 0.497 e. The van der Waals surface area contributed by atoms with Crippen LogP contribution in [0.2, 0.25) is 0 Å². The lowest BCUT2D eigenvalue weighted by Gasteiger charge is -2.17. The summed E-state index contributed by atoms with van der Waals surface area (Å²) in [6, 6.07) is 5.49. The van der Waals surface area contributed by atoms with Gasteiger partial charge in [0.15, 0.2) is 4.77 Å². The van der Waals surface area contributed by atoms with Gasteiger partial charge in [-0.15, -0.1) is 0 Å². The first kappa shape index (κ1) is 21.8. The summed E-state index contributed by atoms with van der Waals surface area (Å²) < 4.78 is 58.5. The first-order chi connectivity index (χ1) is 14.2. The van der Waals surface area contributed by atoms with Gasteiger partial charge in [-0.3, -0.25) is 9.78 Å². The van der Waals surface area contributed by atoms with Crippen molar-refractivity contribution in [1.29, 1.82) is 0 Å². The Morgan fingerprint density at radius 2 is 1.90 bits per heavy atom.